The van der Waals surface area contributed by atoms with Crippen LogP contribution in [0.2, 0.25) is 5.02 Å². The summed E-state index contributed by atoms with van der Waals surface area (Å²) in [5, 5.41) is 0.123. The van der Waals surface area contributed by atoms with Crippen LogP contribution in [0.25, 0.3) is 0 Å². The summed E-state index contributed by atoms with van der Waals surface area (Å²) in [4.78, 5) is 0. The molecule has 0 aromatic heterocycles. The zero-order valence-electron chi connectivity index (χ0n) is 9.84. The highest BCUT2D eigenvalue weighted by atomic mass is 79.9. The zero-order chi connectivity index (χ0) is 14.0. The fourth-order valence-corrected chi connectivity index (χ4v) is 2.95. The summed E-state index contributed by atoms with van der Waals surface area (Å²) >= 11 is 12.7. The minimum absolute atomic E-state index is 0.123. The number of nitrogens with two attached hydrogens (primary N) is 1. The molecule has 0 amide bonds. The van der Waals surface area contributed by atoms with E-state index in [0.29, 0.717) is 6.42 Å². The van der Waals surface area contributed by atoms with Crippen LogP contribution in [0.1, 0.15) is 17.2 Å². The monoisotopic (exact) mass is 405 g/mol. The summed E-state index contributed by atoms with van der Waals surface area (Å²) in [6.45, 7) is 0. The molecule has 19 heavy (non-hydrogen) atoms. The Morgan fingerprint density at radius 2 is 1.89 bits per heavy atom. The molecule has 0 bridgehead atoms. The molecule has 0 fully saturated rings. The molecular weight excluding hydrogens is 396 g/mol. The Morgan fingerprint density at radius 3 is 2.58 bits per heavy atom. The maximum Gasteiger partial charge on any atom is 0.141 e. The Morgan fingerprint density at radius 1 is 1.16 bits per heavy atom. The van der Waals surface area contributed by atoms with Crippen molar-refractivity contribution in [2.24, 2.45) is 5.73 Å². The van der Waals surface area contributed by atoms with Gasteiger partial charge in [0.1, 0.15) is 5.82 Å². The standard InChI is InChI=1S/C14H11Br2ClFN/c15-9-2-3-11(16)10(7-9)14(19)6-8-1-4-13(18)12(17)5-8/h1-5,7,14H,6,19H2. The summed E-state index contributed by atoms with van der Waals surface area (Å²) in [5.41, 5.74) is 8.10. The van der Waals surface area contributed by atoms with Crippen LogP contribution >= 0.6 is 43.5 Å². The minimum Gasteiger partial charge on any atom is -0.324 e. The maximum absolute atomic E-state index is 13.1. The van der Waals surface area contributed by atoms with Gasteiger partial charge in [-0.15, -0.1) is 0 Å². The fraction of sp³-hybridized carbons (Fsp3) is 0.143. The molecule has 1 nitrogen and oxygen atoms in total. The van der Waals surface area contributed by atoms with Crippen molar-refractivity contribution in [2.75, 3.05) is 0 Å². The van der Waals surface area contributed by atoms with E-state index in [1.54, 1.807) is 12.1 Å². The van der Waals surface area contributed by atoms with E-state index in [4.69, 9.17) is 17.3 Å². The molecule has 1 atom stereocenters. The lowest BCUT2D eigenvalue weighted by atomic mass is 10.00. The van der Waals surface area contributed by atoms with Crippen LogP contribution in [0, 0.1) is 5.82 Å². The third-order valence-electron chi connectivity index (χ3n) is 2.80. The molecular formula is C14H11Br2ClFN. The second-order valence-electron chi connectivity index (χ2n) is 4.22. The molecule has 0 radical (unpaired) electrons. The molecule has 0 spiro atoms. The smallest absolute Gasteiger partial charge is 0.141 e. The van der Waals surface area contributed by atoms with Crippen molar-refractivity contribution < 1.29 is 4.39 Å². The number of halogens is 4. The second kappa shape index (κ2) is 6.35. The van der Waals surface area contributed by atoms with E-state index < -0.39 is 5.82 Å². The van der Waals surface area contributed by atoms with Crippen molar-refractivity contribution in [2.45, 2.75) is 12.5 Å². The average Bonchev–Trinajstić information content (AvgIpc) is 2.36. The van der Waals surface area contributed by atoms with Crippen LogP contribution in [0.4, 0.5) is 4.39 Å². The van der Waals surface area contributed by atoms with Crippen LogP contribution in [0.5, 0.6) is 0 Å². The Bertz CT molecular complexity index is 604. The van der Waals surface area contributed by atoms with Crippen LogP contribution in [-0.2, 0) is 6.42 Å². The first-order valence-corrected chi connectivity index (χ1v) is 7.58. The van der Waals surface area contributed by atoms with E-state index in [9.17, 15) is 4.39 Å². The van der Waals surface area contributed by atoms with Gasteiger partial charge in [-0.2, -0.15) is 0 Å². The first-order valence-electron chi connectivity index (χ1n) is 5.62. The molecule has 2 rings (SSSR count). The molecule has 0 heterocycles. The van der Waals surface area contributed by atoms with E-state index in [1.807, 2.05) is 18.2 Å². The van der Waals surface area contributed by atoms with Crippen molar-refractivity contribution >= 4 is 43.5 Å². The minimum atomic E-state index is -0.414. The summed E-state index contributed by atoms with van der Waals surface area (Å²) in [6, 6.07) is 10.3. The van der Waals surface area contributed by atoms with Gasteiger partial charge in [0.05, 0.1) is 5.02 Å². The van der Waals surface area contributed by atoms with E-state index in [-0.39, 0.29) is 11.1 Å². The first kappa shape index (κ1) is 15.0. The number of hydrogen-bond donors (Lipinski definition) is 1. The topological polar surface area (TPSA) is 26.0 Å². The Kier molecular flexibility index (Phi) is 5.01. The first-order chi connectivity index (χ1) is 8.97. The second-order valence-corrected chi connectivity index (χ2v) is 6.40. The van der Waals surface area contributed by atoms with Gasteiger partial charge in [-0.25, -0.2) is 4.39 Å². The van der Waals surface area contributed by atoms with E-state index in [1.165, 1.54) is 6.07 Å². The lowest BCUT2D eigenvalue weighted by Gasteiger charge is -2.15. The molecule has 0 aliphatic heterocycles. The average molecular weight is 408 g/mol. The third-order valence-corrected chi connectivity index (χ3v) is 4.30. The molecule has 100 valence electrons. The largest absolute Gasteiger partial charge is 0.324 e. The Labute approximate surface area is 133 Å². The highest BCUT2D eigenvalue weighted by Crippen LogP contribution is 2.28. The predicted molar refractivity (Wildman–Crippen MR) is 83.9 cm³/mol. The number of benzene rings is 2. The molecule has 0 aliphatic carbocycles. The van der Waals surface area contributed by atoms with Gasteiger partial charge in [0.2, 0.25) is 0 Å². The molecule has 1 unspecified atom stereocenters. The van der Waals surface area contributed by atoms with Crippen molar-refractivity contribution in [3.05, 3.63) is 67.3 Å². The molecule has 0 aliphatic rings. The molecule has 0 saturated carbocycles. The van der Waals surface area contributed by atoms with E-state index in [0.717, 1.165) is 20.1 Å². The normalized spacial score (nSPS) is 12.5. The Hall–Kier alpha value is -0.420. The van der Waals surface area contributed by atoms with Gasteiger partial charge >= 0.3 is 0 Å². The van der Waals surface area contributed by atoms with Gasteiger partial charge in [0.15, 0.2) is 0 Å². The Balaban J connectivity index is 2.22. The van der Waals surface area contributed by atoms with E-state index in [2.05, 4.69) is 31.9 Å². The van der Waals surface area contributed by atoms with Crippen LogP contribution in [0.15, 0.2) is 45.3 Å². The van der Waals surface area contributed by atoms with Gasteiger partial charge < -0.3 is 5.73 Å². The van der Waals surface area contributed by atoms with Gasteiger partial charge in [0, 0.05) is 15.0 Å². The van der Waals surface area contributed by atoms with Crippen molar-refractivity contribution in [3.8, 4) is 0 Å². The molecule has 2 aromatic rings. The quantitative estimate of drug-likeness (QED) is 0.739. The van der Waals surface area contributed by atoms with Crippen LogP contribution < -0.4 is 5.73 Å². The molecule has 2 N–H and O–H groups in total. The summed E-state index contributed by atoms with van der Waals surface area (Å²) in [7, 11) is 0. The highest BCUT2D eigenvalue weighted by Gasteiger charge is 2.12. The lowest BCUT2D eigenvalue weighted by molar-refractivity contribution is 0.626. The highest BCUT2D eigenvalue weighted by molar-refractivity contribution is 9.11. The summed E-state index contributed by atoms with van der Waals surface area (Å²) < 4.78 is 15.0. The number of rotatable bonds is 3. The molecule has 0 saturated heterocycles. The SMILES string of the molecule is NC(Cc1ccc(F)c(Cl)c1)c1cc(Br)ccc1Br. The predicted octanol–water partition coefficient (Wildman–Crippen LogP) is 5.25. The molecule has 5 heteroatoms. The maximum atomic E-state index is 13.1. The summed E-state index contributed by atoms with van der Waals surface area (Å²) in [6.07, 6.45) is 0.592. The number of hydrogen-bond acceptors (Lipinski definition) is 1. The zero-order valence-corrected chi connectivity index (χ0v) is 13.8. The van der Waals surface area contributed by atoms with Gasteiger partial charge in [-0.1, -0.05) is 49.5 Å². The van der Waals surface area contributed by atoms with Crippen molar-refractivity contribution in [3.63, 3.8) is 0 Å². The van der Waals surface area contributed by atoms with Crippen molar-refractivity contribution in [1.29, 1.82) is 0 Å². The molecule has 2 aromatic carbocycles. The summed E-state index contributed by atoms with van der Waals surface area (Å²) in [5.74, 6) is -0.414. The third kappa shape index (κ3) is 3.78. The van der Waals surface area contributed by atoms with Crippen LogP contribution in [0.3, 0.4) is 0 Å². The van der Waals surface area contributed by atoms with Gasteiger partial charge in [-0.05, 0) is 47.9 Å². The van der Waals surface area contributed by atoms with Gasteiger partial charge in [0.25, 0.3) is 0 Å². The van der Waals surface area contributed by atoms with E-state index >= 15 is 0 Å². The van der Waals surface area contributed by atoms with Gasteiger partial charge in [-0.3, -0.25) is 0 Å². The fourth-order valence-electron chi connectivity index (χ4n) is 1.83. The van der Waals surface area contributed by atoms with Crippen LogP contribution in [-0.4, -0.2) is 0 Å². The van der Waals surface area contributed by atoms with Crippen molar-refractivity contribution in [1.82, 2.24) is 0 Å². The lowest BCUT2D eigenvalue weighted by Crippen LogP contribution is -2.14.